The number of nitrogens with one attached hydrogen (secondary N) is 3. The molecule has 2 fully saturated rings. The summed E-state index contributed by atoms with van der Waals surface area (Å²) in [5, 5.41) is 16.9. The molecule has 168 valence electrons. The van der Waals surface area contributed by atoms with Crippen molar-refractivity contribution in [2.75, 3.05) is 42.9 Å². The third kappa shape index (κ3) is 4.21. The van der Waals surface area contributed by atoms with Crippen LogP contribution in [0.5, 0.6) is 5.88 Å². The number of aliphatic imine (C=N–C) groups is 1. The highest BCUT2D eigenvalue weighted by Crippen LogP contribution is 2.35. The Morgan fingerprint density at radius 2 is 1.94 bits per heavy atom. The van der Waals surface area contributed by atoms with Crippen molar-refractivity contribution in [3.8, 4) is 17.0 Å². The lowest BCUT2D eigenvalue weighted by molar-refractivity contribution is 0.455. The van der Waals surface area contributed by atoms with Gasteiger partial charge in [0.25, 0.3) is 0 Å². The van der Waals surface area contributed by atoms with Crippen molar-refractivity contribution < 1.29 is 5.11 Å². The van der Waals surface area contributed by atoms with Crippen LogP contribution < -0.4 is 15.5 Å². The van der Waals surface area contributed by atoms with Gasteiger partial charge in [-0.3, -0.25) is 0 Å². The minimum absolute atomic E-state index is 0.0183. The van der Waals surface area contributed by atoms with Crippen LogP contribution in [-0.2, 0) is 0 Å². The quantitative estimate of drug-likeness (QED) is 0.466. The maximum absolute atomic E-state index is 10.3. The monoisotopic (exact) mass is 441 g/mol. The van der Waals surface area contributed by atoms with Crippen molar-refractivity contribution in [2.45, 2.75) is 12.8 Å². The molecule has 0 spiro atoms. The molecule has 0 bridgehead atoms. The first kappa shape index (κ1) is 20.0. The van der Waals surface area contributed by atoms with Crippen LogP contribution in [0.2, 0.25) is 0 Å². The molecule has 0 amide bonds. The van der Waals surface area contributed by atoms with Gasteiger partial charge in [-0.2, -0.15) is 4.98 Å². The number of allylic oxidation sites excluding steroid dienone is 1. The number of rotatable bonds is 6. The fraction of sp³-hybridized carbons (Fsp3) is 0.320. The number of imidazole rings is 1. The molecule has 1 aliphatic carbocycles. The second kappa shape index (κ2) is 8.37. The molecule has 8 heteroatoms. The van der Waals surface area contributed by atoms with E-state index in [1.165, 1.54) is 18.5 Å². The van der Waals surface area contributed by atoms with E-state index in [0.29, 0.717) is 17.5 Å². The average molecular weight is 442 g/mol. The van der Waals surface area contributed by atoms with E-state index in [0.717, 1.165) is 60.9 Å². The number of fused-ring (bicyclic) bond motifs is 1. The predicted octanol–water partition coefficient (Wildman–Crippen LogP) is 3.67. The Morgan fingerprint density at radius 3 is 2.73 bits per heavy atom. The Bertz CT molecular complexity index is 1220. The predicted molar refractivity (Wildman–Crippen MR) is 132 cm³/mol. The second-order valence-corrected chi connectivity index (χ2v) is 8.88. The van der Waals surface area contributed by atoms with Gasteiger partial charge in [-0.1, -0.05) is 12.1 Å². The number of aromatic amines is 1. The molecule has 8 nitrogen and oxygen atoms in total. The summed E-state index contributed by atoms with van der Waals surface area (Å²) < 4.78 is 0. The standard InChI is InChI=1S/C25H27N7O/c33-24-22(30-25(31-24)29-13-16-1-2-16)12-19-15-28-23-21(19)11-18(14-27-23)17-3-5-20(6-4-17)32-9-7-26-8-10-32/h3-6,11-12,14-16,26,33H,1-2,7-10,13H2,(H2,29,30,31). The van der Waals surface area contributed by atoms with Gasteiger partial charge in [0.2, 0.25) is 11.8 Å². The third-order valence-corrected chi connectivity index (χ3v) is 6.45. The summed E-state index contributed by atoms with van der Waals surface area (Å²) in [4.78, 5) is 18.8. The number of hydrogen-bond donors (Lipinski definition) is 4. The Labute approximate surface area is 192 Å². The van der Waals surface area contributed by atoms with Crippen LogP contribution in [0, 0.1) is 5.92 Å². The molecule has 2 aromatic heterocycles. The summed E-state index contributed by atoms with van der Waals surface area (Å²) in [6, 6.07) is 10.8. The number of piperazine rings is 1. The van der Waals surface area contributed by atoms with Gasteiger partial charge >= 0.3 is 0 Å². The van der Waals surface area contributed by atoms with Crippen LogP contribution in [-0.4, -0.2) is 59.0 Å². The molecular weight excluding hydrogens is 414 g/mol. The van der Waals surface area contributed by atoms with E-state index in [1.54, 1.807) is 6.21 Å². The minimum Gasteiger partial charge on any atom is -0.492 e. The molecule has 3 aliphatic rings. The zero-order chi connectivity index (χ0) is 22.2. The Morgan fingerprint density at radius 1 is 1.12 bits per heavy atom. The van der Waals surface area contributed by atoms with Gasteiger partial charge in [0, 0.05) is 67.5 Å². The highest BCUT2D eigenvalue weighted by atomic mass is 16.3. The van der Waals surface area contributed by atoms with E-state index < -0.39 is 0 Å². The van der Waals surface area contributed by atoms with E-state index in [-0.39, 0.29) is 5.88 Å². The van der Waals surface area contributed by atoms with Gasteiger partial charge in [0.1, 0.15) is 5.69 Å². The average Bonchev–Trinajstić information content (AvgIpc) is 3.52. The lowest BCUT2D eigenvalue weighted by Gasteiger charge is -2.29. The largest absolute Gasteiger partial charge is 0.492 e. The van der Waals surface area contributed by atoms with Crippen molar-refractivity contribution in [2.24, 2.45) is 10.9 Å². The van der Waals surface area contributed by atoms with Crippen molar-refractivity contribution in [1.82, 2.24) is 20.3 Å². The molecule has 1 aromatic carbocycles. The number of anilines is 2. The molecular formula is C25H27N7O. The first-order valence-corrected chi connectivity index (χ1v) is 11.6. The molecule has 6 rings (SSSR count). The number of aromatic hydroxyl groups is 1. The minimum atomic E-state index is -0.0183. The van der Waals surface area contributed by atoms with Crippen molar-refractivity contribution in [3.05, 3.63) is 47.8 Å². The highest BCUT2D eigenvalue weighted by Gasteiger charge is 2.22. The molecule has 3 aromatic rings. The molecule has 4 N–H and O–H groups in total. The molecule has 0 atom stereocenters. The van der Waals surface area contributed by atoms with E-state index in [4.69, 9.17) is 0 Å². The fourth-order valence-corrected chi connectivity index (χ4v) is 4.31. The maximum atomic E-state index is 10.3. The lowest BCUT2D eigenvalue weighted by atomic mass is 10.0. The van der Waals surface area contributed by atoms with E-state index in [2.05, 4.69) is 65.8 Å². The summed E-state index contributed by atoms with van der Waals surface area (Å²) in [5.74, 6) is 1.99. The lowest BCUT2D eigenvalue weighted by Crippen LogP contribution is -2.43. The zero-order valence-electron chi connectivity index (χ0n) is 18.4. The topological polar surface area (TPSA) is 101 Å². The van der Waals surface area contributed by atoms with Crippen LogP contribution in [0.1, 0.15) is 24.1 Å². The summed E-state index contributed by atoms with van der Waals surface area (Å²) in [6.45, 7) is 4.99. The molecule has 2 aliphatic heterocycles. The first-order valence-electron chi connectivity index (χ1n) is 11.6. The van der Waals surface area contributed by atoms with Gasteiger partial charge in [-0.15, -0.1) is 0 Å². The summed E-state index contributed by atoms with van der Waals surface area (Å²) >= 11 is 0. The van der Waals surface area contributed by atoms with Gasteiger partial charge in [0.15, 0.2) is 5.82 Å². The van der Waals surface area contributed by atoms with Crippen LogP contribution >= 0.6 is 0 Å². The summed E-state index contributed by atoms with van der Waals surface area (Å²) in [7, 11) is 0. The van der Waals surface area contributed by atoms with Crippen molar-refractivity contribution in [3.63, 3.8) is 0 Å². The van der Waals surface area contributed by atoms with Gasteiger partial charge in [0.05, 0.1) is 0 Å². The summed E-state index contributed by atoms with van der Waals surface area (Å²) in [6.07, 6.45) is 8.05. The van der Waals surface area contributed by atoms with E-state index in [9.17, 15) is 5.11 Å². The number of nitrogens with zero attached hydrogens (tertiary/aromatic N) is 4. The molecule has 4 heterocycles. The van der Waals surface area contributed by atoms with Crippen molar-refractivity contribution >= 4 is 35.3 Å². The molecule has 0 radical (unpaired) electrons. The maximum Gasteiger partial charge on any atom is 0.238 e. The number of benzene rings is 1. The van der Waals surface area contributed by atoms with Crippen LogP contribution in [0.3, 0.4) is 0 Å². The second-order valence-electron chi connectivity index (χ2n) is 8.88. The van der Waals surface area contributed by atoms with Crippen molar-refractivity contribution in [1.29, 1.82) is 0 Å². The Hall–Kier alpha value is -3.65. The zero-order valence-corrected chi connectivity index (χ0v) is 18.4. The number of H-pyrrole nitrogens is 1. The van der Waals surface area contributed by atoms with Gasteiger partial charge in [-0.05, 0) is 48.6 Å². The van der Waals surface area contributed by atoms with Crippen LogP contribution in [0.4, 0.5) is 17.5 Å². The smallest absolute Gasteiger partial charge is 0.238 e. The van der Waals surface area contributed by atoms with E-state index >= 15 is 0 Å². The molecule has 1 saturated heterocycles. The Balaban J connectivity index is 1.23. The third-order valence-electron chi connectivity index (χ3n) is 6.45. The van der Waals surface area contributed by atoms with Gasteiger partial charge < -0.3 is 25.6 Å². The fourth-order valence-electron chi connectivity index (χ4n) is 4.31. The summed E-state index contributed by atoms with van der Waals surface area (Å²) in [5.41, 5.74) is 5.81. The normalized spacial score (nSPS) is 18.7. The van der Waals surface area contributed by atoms with Crippen LogP contribution in [0.25, 0.3) is 22.8 Å². The molecule has 33 heavy (non-hydrogen) atoms. The van der Waals surface area contributed by atoms with E-state index in [1.807, 2.05) is 12.3 Å². The molecule has 1 saturated carbocycles. The SMILES string of the molecule is Oc1nc(NCC2CC2)[nH]c1C=C1C=Nc2ncc(-c3ccc(N4CCNCC4)cc3)cc21. The number of aromatic nitrogens is 3. The Kier molecular flexibility index (Phi) is 5.07. The molecule has 0 unspecified atom stereocenters. The van der Waals surface area contributed by atoms with Crippen LogP contribution in [0.15, 0.2) is 41.5 Å². The highest BCUT2D eigenvalue weighted by molar-refractivity contribution is 6.21. The number of pyridine rings is 1. The van der Waals surface area contributed by atoms with Gasteiger partial charge in [-0.25, -0.2) is 9.98 Å². The number of hydrogen-bond acceptors (Lipinski definition) is 7. The first-order chi connectivity index (χ1) is 16.2.